The van der Waals surface area contributed by atoms with Crippen molar-refractivity contribution in [2.75, 3.05) is 19.8 Å². The van der Waals surface area contributed by atoms with E-state index >= 15 is 0 Å². The second-order valence-corrected chi connectivity index (χ2v) is 5.42. The molecule has 0 atom stereocenters. The maximum Gasteiger partial charge on any atom is 0.224 e. The Morgan fingerprint density at radius 3 is 2.68 bits per heavy atom. The molecule has 5 nitrogen and oxygen atoms in total. The largest absolute Gasteiger partial charge is 0.486 e. The Morgan fingerprint density at radius 2 is 2.00 bits per heavy atom. The molecule has 0 saturated heterocycles. The average Bonchev–Trinajstić information content (AvgIpc) is 2.35. The summed E-state index contributed by atoms with van der Waals surface area (Å²) in [5.41, 5.74) is 6.32. The van der Waals surface area contributed by atoms with Crippen LogP contribution < -0.4 is 20.5 Å². The second kappa shape index (κ2) is 5.48. The Morgan fingerprint density at radius 1 is 1.32 bits per heavy atom. The van der Waals surface area contributed by atoms with Gasteiger partial charge in [-0.3, -0.25) is 4.79 Å². The summed E-state index contributed by atoms with van der Waals surface area (Å²) in [4.78, 5) is 11.8. The summed E-state index contributed by atoms with van der Waals surface area (Å²) in [6.07, 6.45) is 0.312. The van der Waals surface area contributed by atoms with Crippen LogP contribution in [0.3, 0.4) is 0 Å². The molecule has 1 amide bonds. The van der Waals surface area contributed by atoms with Crippen molar-refractivity contribution in [2.24, 2.45) is 5.73 Å². The maximum atomic E-state index is 11.8. The lowest BCUT2D eigenvalue weighted by atomic mass is 10.1. The van der Waals surface area contributed by atoms with E-state index in [0.717, 1.165) is 11.3 Å². The summed E-state index contributed by atoms with van der Waals surface area (Å²) in [5, 5.41) is 2.82. The number of ether oxygens (including phenoxy) is 2. The summed E-state index contributed by atoms with van der Waals surface area (Å²) in [6.45, 7) is 5.31. The van der Waals surface area contributed by atoms with Crippen molar-refractivity contribution in [3.8, 4) is 11.5 Å². The van der Waals surface area contributed by atoms with Gasteiger partial charge in [0.25, 0.3) is 0 Å². The van der Waals surface area contributed by atoms with E-state index in [0.29, 0.717) is 31.9 Å². The van der Waals surface area contributed by atoms with Crippen molar-refractivity contribution in [1.29, 1.82) is 0 Å². The van der Waals surface area contributed by atoms with E-state index in [1.54, 1.807) is 0 Å². The van der Waals surface area contributed by atoms with Gasteiger partial charge in [0.05, 0.1) is 6.42 Å². The van der Waals surface area contributed by atoms with E-state index < -0.39 is 5.54 Å². The molecule has 104 valence electrons. The molecule has 0 aliphatic carbocycles. The maximum absolute atomic E-state index is 11.8. The fourth-order valence-corrected chi connectivity index (χ4v) is 1.77. The predicted molar refractivity (Wildman–Crippen MR) is 72.4 cm³/mol. The Bertz CT molecular complexity index is 466. The van der Waals surface area contributed by atoms with Gasteiger partial charge in [-0.25, -0.2) is 0 Å². The molecule has 0 fully saturated rings. The predicted octanol–water partition coefficient (Wildman–Crippen LogP) is 0.854. The van der Waals surface area contributed by atoms with Crippen LogP contribution in [-0.2, 0) is 11.2 Å². The van der Waals surface area contributed by atoms with Crippen molar-refractivity contribution in [3.05, 3.63) is 23.8 Å². The number of nitrogens with two attached hydrogens (primary N) is 1. The number of nitrogens with one attached hydrogen (secondary N) is 1. The van der Waals surface area contributed by atoms with E-state index in [4.69, 9.17) is 15.2 Å². The second-order valence-electron chi connectivity index (χ2n) is 5.42. The molecule has 19 heavy (non-hydrogen) atoms. The highest BCUT2D eigenvalue weighted by Gasteiger charge is 2.15. The summed E-state index contributed by atoms with van der Waals surface area (Å²) >= 11 is 0. The standard InChI is InChI=1S/C14H20N2O3/c1-14(2,15)9-16-13(17)8-10-3-4-11-12(7-10)19-6-5-18-11/h3-4,7H,5-6,8-9,15H2,1-2H3,(H,16,17). The third kappa shape index (κ3) is 4.13. The van der Waals surface area contributed by atoms with Crippen LogP contribution in [0.1, 0.15) is 19.4 Å². The molecule has 1 aromatic carbocycles. The Balaban J connectivity index is 1.94. The number of rotatable bonds is 4. The highest BCUT2D eigenvalue weighted by molar-refractivity contribution is 5.78. The van der Waals surface area contributed by atoms with Crippen molar-refractivity contribution in [1.82, 2.24) is 5.32 Å². The SMILES string of the molecule is CC(C)(N)CNC(=O)Cc1ccc2c(c1)OCCO2. The van der Waals surface area contributed by atoms with Crippen LogP contribution in [0.2, 0.25) is 0 Å². The molecule has 1 heterocycles. The number of benzene rings is 1. The third-order valence-electron chi connectivity index (χ3n) is 2.71. The van der Waals surface area contributed by atoms with Gasteiger partial charge >= 0.3 is 0 Å². The first-order chi connectivity index (χ1) is 8.94. The fourth-order valence-electron chi connectivity index (χ4n) is 1.77. The molecule has 1 aliphatic rings. The molecule has 1 aliphatic heterocycles. The van der Waals surface area contributed by atoms with E-state index in [1.165, 1.54) is 0 Å². The van der Waals surface area contributed by atoms with Gasteiger partial charge in [0.1, 0.15) is 13.2 Å². The van der Waals surface area contributed by atoms with Crippen LogP contribution in [0.5, 0.6) is 11.5 Å². The van der Waals surface area contributed by atoms with Gasteiger partial charge in [0, 0.05) is 12.1 Å². The van der Waals surface area contributed by atoms with E-state index in [9.17, 15) is 4.79 Å². The van der Waals surface area contributed by atoms with Gasteiger partial charge in [-0.15, -0.1) is 0 Å². The van der Waals surface area contributed by atoms with Gasteiger partial charge in [0.15, 0.2) is 11.5 Å². The Labute approximate surface area is 113 Å². The number of carbonyl (C=O) groups is 1. The lowest BCUT2D eigenvalue weighted by Crippen LogP contribution is -2.45. The number of carbonyl (C=O) groups excluding carboxylic acids is 1. The van der Waals surface area contributed by atoms with Crippen molar-refractivity contribution in [2.45, 2.75) is 25.8 Å². The van der Waals surface area contributed by atoms with Crippen molar-refractivity contribution in [3.63, 3.8) is 0 Å². The molecule has 0 aromatic heterocycles. The molecule has 0 unspecified atom stereocenters. The zero-order valence-electron chi connectivity index (χ0n) is 11.4. The van der Waals surface area contributed by atoms with Gasteiger partial charge in [-0.05, 0) is 31.5 Å². The Kier molecular flexibility index (Phi) is 3.95. The highest BCUT2D eigenvalue weighted by atomic mass is 16.6. The molecular weight excluding hydrogens is 244 g/mol. The van der Waals surface area contributed by atoms with Crippen LogP contribution in [0, 0.1) is 0 Å². The van der Waals surface area contributed by atoms with E-state index in [1.807, 2.05) is 32.0 Å². The topological polar surface area (TPSA) is 73.6 Å². The highest BCUT2D eigenvalue weighted by Crippen LogP contribution is 2.30. The minimum atomic E-state index is -0.400. The first kappa shape index (κ1) is 13.7. The minimum Gasteiger partial charge on any atom is -0.486 e. The quantitative estimate of drug-likeness (QED) is 0.845. The van der Waals surface area contributed by atoms with Crippen molar-refractivity contribution < 1.29 is 14.3 Å². The third-order valence-corrected chi connectivity index (χ3v) is 2.71. The summed E-state index contributed by atoms with van der Waals surface area (Å²) < 4.78 is 10.9. The van der Waals surface area contributed by atoms with Gasteiger partial charge in [-0.2, -0.15) is 0 Å². The van der Waals surface area contributed by atoms with Gasteiger partial charge < -0.3 is 20.5 Å². The van der Waals surface area contributed by atoms with E-state index in [-0.39, 0.29) is 5.91 Å². The number of hydrogen-bond acceptors (Lipinski definition) is 4. The molecule has 0 saturated carbocycles. The summed E-state index contributed by atoms with van der Waals surface area (Å²) in [6, 6.07) is 5.56. The zero-order valence-corrected chi connectivity index (χ0v) is 11.4. The molecule has 1 aromatic rings. The van der Waals surface area contributed by atoms with Gasteiger partial charge in [0.2, 0.25) is 5.91 Å². The number of fused-ring (bicyclic) bond motifs is 1. The molecule has 0 spiro atoms. The van der Waals surface area contributed by atoms with Crippen LogP contribution in [0.15, 0.2) is 18.2 Å². The molecule has 0 radical (unpaired) electrons. The van der Waals surface area contributed by atoms with Gasteiger partial charge in [-0.1, -0.05) is 6.07 Å². The lowest BCUT2D eigenvalue weighted by Gasteiger charge is -2.20. The first-order valence-electron chi connectivity index (χ1n) is 6.38. The van der Waals surface area contributed by atoms with Crippen LogP contribution in [-0.4, -0.2) is 31.2 Å². The zero-order chi connectivity index (χ0) is 13.9. The number of amides is 1. The Hall–Kier alpha value is -1.75. The van der Waals surface area contributed by atoms with Crippen LogP contribution in [0.4, 0.5) is 0 Å². The molecule has 3 N–H and O–H groups in total. The fraction of sp³-hybridized carbons (Fsp3) is 0.500. The van der Waals surface area contributed by atoms with Crippen LogP contribution in [0.25, 0.3) is 0 Å². The van der Waals surface area contributed by atoms with Crippen LogP contribution >= 0.6 is 0 Å². The monoisotopic (exact) mass is 264 g/mol. The molecule has 0 bridgehead atoms. The molecule has 2 rings (SSSR count). The first-order valence-corrected chi connectivity index (χ1v) is 6.38. The average molecular weight is 264 g/mol. The summed E-state index contributed by atoms with van der Waals surface area (Å²) in [5.74, 6) is 1.39. The number of hydrogen-bond donors (Lipinski definition) is 2. The molecule has 5 heteroatoms. The normalized spacial score (nSPS) is 14.1. The lowest BCUT2D eigenvalue weighted by molar-refractivity contribution is -0.120. The molecular formula is C14H20N2O3. The van der Waals surface area contributed by atoms with E-state index in [2.05, 4.69) is 5.32 Å². The van der Waals surface area contributed by atoms with Crippen molar-refractivity contribution >= 4 is 5.91 Å². The minimum absolute atomic E-state index is 0.0461. The summed E-state index contributed by atoms with van der Waals surface area (Å²) in [7, 11) is 0. The smallest absolute Gasteiger partial charge is 0.224 e.